The summed E-state index contributed by atoms with van der Waals surface area (Å²) in [5.41, 5.74) is 1.08. The minimum atomic E-state index is -3.13. The van der Waals surface area contributed by atoms with Gasteiger partial charge in [-0.2, -0.15) is 5.10 Å². The summed E-state index contributed by atoms with van der Waals surface area (Å²) in [6.45, 7) is 3.46. The molecule has 118 valence electrons. The molecule has 0 aliphatic carbocycles. The van der Waals surface area contributed by atoms with Crippen LogP contribution in [-0.4, -0.2) is 35.5 Å². The fourth-order valence-corrected chi connectivity index (χ4v) is 3.35. The van der Waals surface area contributed by atoms with Gasteiger partial charge in [-0.1, -0.05) is 12.1 Å². The molecule has 0 saturated heterocycles. The molecular weight excluding hydrogens is 300 g/mol. The van der Waals surface area contributed by atoms with Crippen molar-refractivity contribution in [2.75, 3.05) is 6.26 Å². The maximum absolute atomic E-state index is 11.4. The monoisotopic (exact) mass is 320 g/mol. The number of hydrogen-bond donors (Lipinski definition) is 1. The first-order valence-corrected chi connectivity index (χ1v) is 9.23. The van der Waals surface area contributed by atoms with E-state index in [1.807, 2.05) is 23.7 Å². The number of hydrogen-bond acceptors (Lipinski definition) is 5. The Balaban J connectivity index is 1.59. The zero-order chi connectivity index (χ0) is 15.7. The van der Waals surface area contributed by atoms with Crippen LogP contribution in [0.4, 0.5) is 0 Å². The van der Waals surface area contributed by atoms with Gasteiger partial charge in [-0.05, 0) is 31.0 Å². The quantitative estimate of drug-likeness (QED) is 0.913. The maximum Gasteiger partial charge on any atom is 0.175 e. The van der Waals surface area contributed by atoms with E-state index in [1.165, 1.54) is 6.26 Å². The van der Waals surface area contributed by atoms with Crippen molar-refractivity contribution in [2.45, 2.75) is 43.8 Å². The molecule has 1 aromatic heterocycles. The number of rotatable bonds is 4. The summed E-state index contributed by atoms with van der Waals surface area (Å²) >= 11 is 0. The van der Waals surface area contributed by atoms with E-state index >= 15 is 0 Å². The molecule has 0 fully saturated rings. The number of aromatic nitrogens is 3. The second-order valence-corrected chi connectivity index (χ2v) is 7.81. The molecule has 2 heterocycles. The molecule has 6 nitrogen and oxygen atoms in total. The van der Waals surface area contributed by atoms with Gasteiger partial charge in [0.05, 0.1) is 11.4 Å². The number of nitrogens with one attached hydrogen (secondary N) is 1. The Morgan fingerprint density at radius 3 is 2.73 bits per heavy atom. The van der Waals surface area contributed by atoms with Crippen molar-refractivity contribution in [3.63, 3.8) is 0 Å². The van der Waals surface area contributed by atoms with Crippen LogP contribution in [0.3, 0.4) is 0 Å². The Morgan fingerprint density at radius 1 is 1.32 bits per heavy atom. The first-order valence-electron chi connectivity index (χ1n) is 7.34. The standard InChI is InChI=1S/C15H20N4O2S/c1-11-17-15-8-5-13(10-19(15)18-11)16-9-12-3-6-14(7-4-12)22(2,20)21/h3-4,6-7,13,16H,5,8-10H2,1-2H3/t13-/m0/s1. The lowest BCUT2D eigenvalue weighted by Crippen LogP contribution is -2.37. The second kappa shape index (κ2) is 5.81. The third-order valence-corrected chi connectivity index (χ3v) is 5.04. The average Bonchev–Trinajstić information content (AvgIpc) is 2.84. The molecule has 3 rings (SSSR count). The van der Waals surface area contributed by atoms with Gasteiger partial charge in [0.1, 0.15) is 11.6 Å². The molecular formula is C15H20N4O2S. The van der Waals surface area contributed by atoms with Crippen molar-refractivity contribution in [3.8, 4) is 0 Å². The van der Waals surface area contributed by atoms with Gasteiger partial charge >= 0.3 is 0 Å². The molecule has 1 atom stereocenters. The van der Waals surface area contributed by atoms with Gasteiger partial charge in [0.15, 0.2) is 9.84 Å². The summed E-state index contributed by atoms with van der Waals surface area (Å²) in [6.07, 6.45) is 3.20. The predicted octanol–water partition coefficient (Wildman–Crippen LogP) is 1.09. The summed E-state index contributed by atoms with van der Waals surface area (Å²) < 4.78 is 24.8. The molecule has 7 heteroatoms. The number of nitrogens with zero attached hydrogens (tertiary/aromatic N) is 3. The summed E-state index contributed by atoms with van der Waals surface area (Å²) in [7, 11) is -3.13. The van der Waals surface area contributed by atoms with Crippen molar-refractivity contribution < 1.29 is 8.42 Å². The fourth-order valence-electron chi connectivity index (χ4n) is 2.72. The van der Waals surface area contributed by atoms with E-state index < -0.39 is 9.84 Å². The molecule has 2 aromatic rings. The molecule has 0 amide bonds. The first-order chi connectivity index (χ1) is 10.4. The molecule has 1 aromatic carbocycles. The molecule has 0 spiro atoms. The number of benzene rings is 1. The van der Waals surface area contributed by atoms with Gasteiger partial charge in [0, 0.05) is 25.3 Å². The van der Waals surface area contributed by atoms with Crippen LogP contribution in [0.2, 0.25) is 0 Å². The van der Waals surface area contributed by atoms with Gasteiger partial charge < -0.3 is 5.32 Å². The van der Waals surface area contributed by atoms with E-state index in [0.717, 1.165) is 43.1 Å². The van der Waals surface area contributed by atoms with Crippen molar-refractivity contribution in [2.24, 2.45) is 0 Å². The SMILES string of the molecule is Cc1nc2n(n1)C[C@@H](NCc1ccc(S(C)(=O)=O)cc1)CC2. The average molecular weight is 320 g/mol. The van der Waals surface area contributed by atoms with Crippen molar-refractivity contribution in [1.82, 2.24) is 20.1 Å². The van der Waals surface area contributed by atoms with Crippen LogP contribution >= 0.6 is 0 Å². The highest BCUT2D eigenvalue weighted by Crippen LogP contribution is 2.14. The minimum absolute atomic E-state index is 0.358. The lowest BCUT2D eigenvalue weighted by Gasteiger charge is -2.23. The Kier molecular flexibility index (Phi) is 4.01. The van der Waals surface area contributed by atoms with E-state index in [9.17, 15) is 8.42 Å². The molecule has 1 aliphatic heterocycles. The van der Waals surface area contributed by atoms with Crippen LogP contribution in [0.25, 0.3) is 0 Å². The van der Waals surface area contributed by atoms with Gasteiger partial charge in [0.2, 0.25) is 0 Å². The van der Waals surface area contributed by atoms with Crippen molar-refractivity contribution in [3.05, 3.63) is 41.5 Å². The summed E-state index contributed by atoms with van der Waals surface area (Å²) in [5.74, 6) is 1.89. The molecule has 0 radical (unpaired) electrons. The van der Waals surface area contributed by atoms with E-state index in [0.29, 0.717) is 10.9 Å². The van der Waals surface area contributed by atoms with Crippen molar-refractivity contribution >= 4 is 9.84 Å². The predicted molar refractivity (Wildman–Crippen MR) is 83.3 cm³/mol. The van der Waals surface area contributed by atoms with Gasteiger partial charge in [-0.15, -0.1) is 0 Å². The van der Waals surface area contributed by atoms with Crippen LogP contribution in [0.15, 0.2) is 29.2 Å². The van der Waals surface area contributed by atoms with Crippen LogP contribution in [0.5, 0.6) is 0 Å². The molecule has 22 heavy (non-hydrogen) atoms. The summed E-state index contributed by atoms with van der Waals surface area (Å²) in [5, 5.41) is 7.90. The van der Waals surface area contributed by atoms with Gasteiger partial charge in [-0.25, -0.2) is 18.1 Å². The Hall–Kier alpha value is -1.73. The Bertz CT molecular complexity index is 765. The lowest BCUT2D eigenvalue weighted by atomic mass is 10.1. The number of fused-ring (bicyclic) bond motifs is 1. The largest absolute Gasteiger partial charge is 0.308 e. The molecule has 0 unspecified atom stereocenters. The third kappa shape index (κ3) is 3.36. The topological polar surface area (TPSA) is 76.9 Å². The van der Waals surface area contributed by atoms with Crippen LogP contribution in [0, 0.1) is 6.92 Å². The zero-order valence-corrected chi connectivity index (χ0v) is 13.6. The Labute approximate surface area is 130 Å². The lowest BCUT2D eigenvalue weighted by molar-refractivity contribution is 0.357. The normalized spacial score (nSPS) is 18.2. The third-order valence-electron chi connectivity index (χ3n) is 3.91. The van der Waals surface area contributed by atoms with Crippen molar-refractivity contribution in [1.29, 1.82) is 0 Å². The highest BCUT2D eigenvalue weighted by atomic mass is 32.2. The zero-order valence-electron chi connectivity index (χ0n) is 12.8. The van der Waals surface area contributed by atoms with E-state index in [-0.39, 0.29) is 0 Å². The van der Waals surface area contributed by atoms with Crippen LogP contribution in [0.1, 0.15) is 23.6 Å². The smallest absolute Gasteiger partial charge is 0.175 e. The maximum atomic E-state index is 11.4. The van der Waals surface area contributed by atoms with Crippen LogP contribution < -0.4 is 5.32 Å². The van der Waals surface area contributed by atoms with Gasteiger partial charge in [-0.3, -0.25) is 0 Å². The van der Waals surface area contributed by atoms with E-state index in [2.05, 4.69) is 15.4 Å². The van der Waals surface area contributed by atoms with E-state index in [4.69, 9.17) is 0 Å². The highest BCUT2D eigenvalue weighted by Gasteiger charge is 2.20. The molecule has 0 saturated carbocycles. The van der Waals surface area contributed by atoms with E-state index in [1.54, 1.807) is 12.1 Å². The minimum Gasteiger partial charge on any atom is -0.308 e. The number of aryl methyl sites for hydroxylation is 2. The van der Waals surface area contributed by atoms with Crippen LogP contribution in [-0.2, 0) is 29.3 Å². The number of sulfone groups is 1. The highest BCUT2D eigenvalue weighted by molar-refractivity contribution is 7.90. The summed E-state index contributed by atoms with van der Waals surface area (Å²) in [6, 6.07) is 7.40. The Morgan fingerprint density at radius 2 is 2.05 bits per heavy atom. The fraction of sp³-hybridized carbons (Fsp3) is 0.467. The molecule has 0 bridgehead atoms. The second-order valence-electron chi connectivity index (χ2n) is 5.79. The summed E-state index contributed by atoms with van der Waals surface area (Å²) in [4.78, 5) is 4.76. The van der Waals surface area contributed by atoms with Gasteiger partial charge in [0.25, 0.3) is 0 Å². The molecule has 1 N–H and O–H groups in total. The molecule has 1 aliphatic rings. The first kappa shape index (κ1) is 15.2.